The summed E-state index contributed by atoms with van der Waals surface area (Å²) < 4.78 is 32.9. The molecule has 0 aliphatic heterocycles. The first kappa shape index (κ1) is 66.5. The lowest BCUT2D eigenvalue weighted by Gasteiger charge is -2.20. The monoisotopic (exact) mass is 985 g/mol. The van der Waals surface area contributed by atoms with Crippen LogP contribution in [0.1, 0.15) is 290 Å². The van der Waals surface area contributed by atoms with E-state index in [-0.39, 0.29) is 19.4 Å². The summed E-state index contributed by atoms with van der Waals surface area (Å²) >= 11 is 0. The van der Waals surface area contributed by atoms with Crippen LogP contribution in [0.4, 0.5) is 0 Å². The maximum Gasteiger partial charge on any atom is 0.472 e. The molecule has 402 valence electrons. The van der Waals surface area contributed by atoms with E-state index in [1.54, 1.807) is 0 Å². The topological polar surface area (TPSA) is 149 Å². The van der Waals surface area contributed by atoms with Crippen LogP contribution in [0.15, 0.2) is 24.3 Å². The molecule has 1 unspecified atom stereocenters. The molecule has 0 aliphatic carbocycles. The molecule has 0 heterocycles. The Hall–Kier alpha value is -1.55. The molecule has 11 heteroatoms. The van der Waals surface area contributed by atoms with Gasteiger partial charge in [-0.25, -0.2) is 4.57 Å². The predicted octanol–water partition coefficient (Wildman–Crippen LogP) is 16.9. The number of allylic oxidation sites excluding steroid dienone is 4. The minimum absolute atomic E-state index is 0.182. The van der Waals surface area contributed by atoms with Gasteiger partial charge >= 0.3 is 19.8 Å². The van der Waals surface area contributed by atoms with Crippen LogP contribution in [0.5, 0.6) is 0 Å². The second kappa shape index (κ2) is 53.3. The van der Waals surface area contributed by atoms with Gasteiger partial charge in [-0.15, -0.1) is 0 Å². The maximum atomic E-state index is 12.7. The molecule has 0 aromatic carbocycles. The standard InChI is InChI=1S/C57H109O10P/c1-3-5-7-9-11-13-15-17-19-21-23-25-27-29-30-32-34-36-38-40-42-44-46-48-56(60)64-52-55(53-66-68(62,63)65-51-54(59)50-58)67-57(61)49-47-45-43-41-39-37-35-33-31-28-26-24-22-20-18-16-14-12-10-8-6-4-2/h32,34,40,42,54-55,58-59H,3-31,33,35-39,41,43-53H2,1-2H3,(H,62,63)/b34-32+,42-40+/t54-,55+/m0/s1. The van der Waals surface area contributed by atoms with Gasteiger partial charge in [0.05, 0.1) is 19.8 Å². The van der Waals surface area contributed by atoms with E-state index in [4.69, 9.17) is 23.6 Å². The SMILES string of the molecule is CCCCCCCCCCCCCCCC/C=C/CC/C=C/CCCC(=O)OC[C@H](COP(=O)(O)OC[C@@H](O)CO)OC(=O)CCCCCCCCCCCCCCCCCCCCCCCC. The molecular weight excluding hydrogens is 876 g/mol. The molecule has 3 N–H and O–H groups in total. The average Bonchev–Trinajstić information content (AvgIpc) is 3.33. The number of carbonyl (C=O) groups is 2. The first-order chi connectivity index (χ1) is 33.2. The van der Waals surface area contributed by atoms with Gasteiger partial charge < -0.3 is 24.6 Å². The number of phosphoric ester groups is 1. The van der Waals surface area contributed by atoms with Gasteiger partial charge in [0.2, 0.25) is 0 Å². The van der Waals surface area contributed by atoms with Gasteiger partial charge in [-0.2, -0.15) is 0 Å². The van der Waals surface area contributed by atoms with Gasteiger partial charge in [0, 0.05) is 12.8 Å². The summed E-state index contributed by atoms with van der Waals surface area (Å²) in [4.78, 5) is 35.3. The summed E-state index contributed by atoms with van der Waals surface area (Å²) in [6.45, 7) is 2.41. The first-order valence-electron chi connectivity index (χ1n) is 28.8. The lowest BCUT2D eigenvalue weighted by atomic mass is 10.0. The second-order valence-corrected chi connectivity index (χ2v) is 21.1. The van der Waals surface area contributed by atoms with Crippen molar-refractivity contribution in [3.8, 4) is 0 Å². The third-order valence-electron chi connectivity index (χ3n) is 12.8. The van der Waals surface area contributed by atoms with E-state index < -0.39 is 51.8 Å². The zero-order valence-electron chi connectivity index (χ0n) is 44.3. The van der Waals surface area contributed by atoms with E-state index in [0.29, 0.717) is 12.8 Å². The van der Waals surface area contributed by atoms with Gasteiger partial charge in [0.25, 0.3) is 0 Å². The lowest BCUT2D eigenvalue weighted by molar-refractivity contribution is -0.161. The summed E-state index contributed by atoms with van der Waals surface area (Å²) in [6, 6.07) is 0. The fourth-order valence-corrected chi connectivity index (χ4v) is 9.22. The van der Waals surface area contributed by atoms with Crippen LogP contribution in [0.3, 0.4) is 0 Å². The molecule has 0 aliphatic rings. The van der Waals surface area contributed by atoms with E-state index in [0.717, 1.165) is 44.9 Å². The zero-order chi connectivity index (χ0) is 49.7. The molecule has 0 fully saturated rings. The van der Waals surface area contributed by atoms with Crippen LogP contribution >= 0.6 is 7.82 Å². The molecule has 0 rings (SSSR count). The molecule has 0 amide bonds. The van der Waals surface area contributed by atoms with E-state index in [9.17, 15) is 24.2 Å². The summed E-state index contributed by atoms with van der Waals surface area (Å²) in [5, 5.41) is 18.4. The van der Waals surface area contributed by atoms with Crippen molar-refractivity contribution in [2.75, 3.05) is 26.4 Å². The normalized spacial score (nSPS) is 13.7. The highest BCUT2D eigenvalue weighted by molar-refractivity contribution is 7.47. The number of rotatable bonds is 55. The Morgan fingerprint density at radius 2 is 0.750 bits per heavy atom. The first-order valence-corrected chi connectivity index (χ1v) is 30.3. The number of aliphatic hydroxyl groups is 2. The molecule has 0 aromatic heterocycles. The quantitative estimate of drug-likeness (QED) is 0.0233. The van der Waals surface area contributed by atoms with Crippen molar-refractivity contribution >= 4 is 19.8 Å². The molecule has 0 bridgehead atoms. The Balaban J connectivity index is 4.12. The average molecular weight is 985 g/mol. The van der Waals surface area contributed by atoms with Crippen molar-refractivity contribution in [3.05, 3.63) is 24.3 Å². The molecule has 10 nitrogen and oxygen atoms in total. The summed E-state index contributed by atoms with van der Waals surface area (Å²) in [5.41, 5.74) is 0. The van der Waals surface area contributed by atoms with Gasteiger partial charge in [0.15, 0.2) is 6.10 Å². The van der Waals surface area contributed by atoms with Gasteiger partial charge in [-0.3, -0.25) is 18.6 Å². The number of phosphoric acid groups is 1. The number of ether oxygens (including phenoxy) is 2. The highest BCUT2D eigenvalue weighted by Crippen LogP contribution is 2.43. The molecule has 0 saturated carbocycles. The van der Waals surface area contributed by atoms with Crippen molar-refractivity contribution in [1.29, 1.82) is 0 Å². The highest BCUT2D eigenvalue weighted by atomic mass is 31.2. The Bertz CT molecular complexity index is 1180. The van der Waals surface area contributed by atoms with E-state index in [2.05, 4.69) is 38.2 Å². The highest BCUT2D eigenvalue weighted by Gasteiger charge is 2.27. The number of aliphatic hydroxyl groups excluding tert-OH is 2. The minimum atomic E-state index is -4.63. The van der Waals surface area contributed by atoms with Crippen LogP contribution in [0, 0.1) is 0 Å². The van der Waals surface area contributed by atoms with Crippen LogP contribution in [0.25, 0.3) is 0 Å². The third kappa shape index (κ3) is 52.3. The van der Waals surface area contributed by atoms with Crippen LogP contribution in [-0.2, 0) is 32.7 Å². The Kier molecular flexibility index (Phi) is 52.0. The number of carbonyl (C=O) groups excluding carboxylic acids is 2. The van der Waals surface area contributed by atoms with Gasteiger partial charge in [0.1, 0.15) is 12.7 Å². The molecule has 68 heavy (non-hydrogen) atoms. The van der Waals surface area contributed by atoms with Gasteiger partial charge in [-0.1, -0.05) is 256 Å². The van der Waals surface area contributed by atoms with Crippen molar-refractivity contribution in [2.24, 2.45) is 0 Å². The largest absolute Gasteiger partial charge is 0.472 e. The van der Waals surface area contributed by atoms with Crippen molar-refractivity contribution in [3.63, 3.8) is 0 Å². The molecular formula is C57H109O10P. The fourth-order valence-electron chi connectivity index (χ4n) is 8.43. The van der Waals surface area contributed by atoms with Crippen LogP contribution < -0.4 is 0 Å². The molecule has 3 atom stereocenters. The van der Waals surface area contributed by atoms with Crippen LogP contribution in [0.2, 0.25) is 0 Å². The van der Waals surface area contributed by atoms with E-state index in [1.807, 2.05) is 0 Å². The third-order valence-corrected chi connectivity index (χ3v) is 13.8. The van der Waals surface area contributed by atoms with E-state index >= 15 is 0 Å². The number of esters is 2. The lowest BCUT2D eigenvalue weighted by Crippen LogP contribution is -2.29. The summed E-state index contributed by atoms with van der Waals surface area (Å²) in [5.74, 6) is -0.957. The molecule has 0 radical (unpaired) electrons. The second-order valence-electron chi connectivity index (χ2n) is 19.7. The van der Waals surface area contributed by atoms with Gasteiger partial charge in [-0.05, 0) is 44.9 Å². The number of unbranched alkanes of at least 4 members (excludes halogenated alkanes) is 37. The maximum absolute atomic E-state index is 12.7. The smallest absolute Gasteiger partial charge is 0.462 e. The molecule has 0 aromatic rings. The Labute approximate surface area is 419 Å². The summed E-state index contributed by atoms with van der Waals surface area (Å²) in [7, 11) is -4.63. The summed E-state index contributed by atoms with van der Waals surface area (Å²) in [6.07, 6.45) is 58.9. The number of hydrogen-bond donors (Lipinski definition) is 3. The molecule has 0 spiro atoms. The predicted molar refractivity (Wildman–Crippen MR) is 284 cm³/mol. The minimum Gasteiger partial charge on any atom is -0.462 e. The fraction of sp³-hybridized carbons (Fsp3) is 0.895. The van der Waals surface area contributed by atoms with Crippen LogP contribution in [-0.4, -0.2) is 65.7 Å². The van der Waals surface area contributed by atoms with Crippen molar-refractivity contribution in [2.45, 2.75) is 302 Å². The zero-order valence-corrected chi connectivity index (χ0v) is 45.2. The number of hydrogen-bond acceptors (Lipinski definition) is 9. The van der Waals surface area contributed by atoms with E-state index in [1.165, 1.54) is 205 Å². The van der Waals surface area contributed by atoms with Crippen molar-refractivity contribution < 1.29 is 47.8 Å². The van der Waals surface area contributed by atoms with Crippen molar-refractivity contribution in [1.82, 2.24) is 0 Å². The molecule has 0 saturated heterocycles. The Morgan fingerprint density at radius 3 is 1.15 bits per heavy atom. The Morgan fingerprint density at radius 1 is 0.426 bits per heavy atom.